The van der Waals surface area contributed by atoms with E-state index in [1.807, 2.05) is 59.9 Å². The van der Waals surface area contributed by atoms with Crippen LogP contribution in [0.15, 0.2) is 53.2 Å². The predicted molar refractivity (Wildman–Crippen MR) is 114 cm³/mol. The lowest BCUT2D eigenvalue weighted by atomic mass is 10.1. The first-order valence-electron chi connectivity index (χ1n) is 8.70. The van der Waals surface area contributed by atoms with Gasteiger partial charge in [0.2, 0.25) is 5.75 Å². The Labute approximate surface area is 168 Å². The van der Waals surface area contributed by atoms with Crippen LogP contribution in [-0.4, -0.2) is 32.8 Å². The number of hydrogen-bond acceptors (Lipinski definition) is 6. The van der Waals surface area contributed by atoms with E-state index in [9.17, 15) is 0 Å². The molecule has 0 radical (unpaired) electrons. The van der Waals surface area contributed by atoms with Gasteiger partial charge in [0.1, 0.15) is 9.84 Å². The quantitative estimate of drug-likeness (QED) is 0.560. The first-order chi connectivity index (χ1) is 13.2. The summed E-state index contributed by atoms with van der Waals surface area (Å²) in [5.41, 5.74) is 1.13. The van der Waals surface area contributed by atoms with Gasteiger partial charge in [0.25, 0.3) is 0 Å². The van der Waals surface area contributed by atoms with Gasteiger partial charge in [-0.25, -0.2) is 0 Å². The number of ether oxygens (including phenoxy) is 3. The second kappa shape index (κ2) is 9.33. The Morgan fingerprint density at radius 3 is 2.26 bits per heavy atom. The molecule has 1 saturated heterocycles. The number of rotatable bonds is 7. The van der Waals surface area contributed by atoms with Crippen LogP contribution < -0.4 is 14.2 Å². The summed E-state index contributed by atoms with van der Waals surface area (Å²) in [4.78, 5) is 0. The molecule has 0 saturated carbocycles. The van der Waals surface area contributed by atoms with E-state index < -0.39 is 0 Å². The summed E-state index contributed by atoms with van der Waals surface area (Å²) < 4.78 is 21.7. The Morgan fingerprint density at radius 2 is 1.70 bits per heavy atom. The van der Waals surface area contributed by atoms with Gasteiger partial charge in [-0.05, 0) is 53.8 Å². The third-order valence-corrected chi connectivity index (χ3v) is 7.51. The molecule has 0 amide bonds. The highest BCUT2D eigenvalue weighted by molar-refractivity contribution is 8.18. The van der Waals surface area contributed by atoms with Crippen molar-refractivity contribution in [3.63, 3.8) is 0 Å². The number of furan rings is 1. The first kappa shape index (κ1) is 19.8. The van der Waals surface area contributed by atoms with Gasteiger partial charge in [-0.15, -0.1) is 23.5 Å². The molecule has 0 atom stereocenters. The lowest BCUT2D eigenvalue weighted by Gasteiger charge is -2.34. The SMILES string of the molecule is COc1cc(C2(/C=C/C=C/c3ccco3)SCCCS2)cc(OC)c1OC. The summed E-state index contributed by atoms with van der Waals surface area (Å²) in [6.07, 6.45) is 11.2. The van der Waals surface area contributed by atoms with Gasteiger partial charge in [-0.1, -0.05) is 18.2 Å². The van der Waals surface area contributed by atoms with Crippen molar-refractivity contribution in [1.29, 1.82) is 0 Å². The van der Waals surface area contributed by atoms with E-state index in [0.29, 0.717) is 17.2 Å². The smallest absolute Gasteiger partial charge is 0.203 e. The Morgan fingerprint density at radius 1 is 1.00 bits per heavy atom. The number of hydrogen-bond donors (Lipinski definition) is 0. The molecule has 1 aromatic carbocycles. The Bertz CT molecular complexity index is 766. The summed E-state index contributed by atoms with van der Waals surface area (Å²) in [6, 6.07) is 7.91. The maximum atomic E-state index is 5.56. The zero-order chi connectivity index (χ0) is 19.1. The van der Waals surface area contributed by atoms with Crippen molar-refractivity contribution in [3.8, 4) is 17.2 Å². The van der Waals surface area contributed by atoms with Gasteiger partial charge in [-0.2, -0.15) is 0 Å². The van der Waals surface area contributed by atoms with Crippen molar-refractivity contribution in [2.24, 2.45) is 0 Å². The third-order valence-electron chi connectivity index (χ3n) is 4.22. The molecule has 1 aliphatic rings. The van der Waals surface area contributed by atoms with E-state index in [1.165, 1.54) is 6.42 Å². The Kier molecular flexibility index (Phi) is 6.85. The molecule has 0 aliphatic carbocycles. The fourth-order valence-electron chi connectivity index (χ4n) is 2.91. The molecule has 2 aromatic rings. The van der Waals surface area contributed by atoms with Crippen LogP contribution in [0.2, 0.25) is 0 Å². The van der Waals surface area contributed by atoms with E-state index in [1.54, 1.807) is 27.6 Å². The van der Waals surface area contributed by atoms with Crippen LogP contribution in [0.25, 0.3) is 6.08 Å². The summed E-state index contributed by atoms with van der Waals surface area (Å²) in [6.45, 7) is 0. The number of allylic oxidation sites excluding steroid dienone is 2. The molecular formula is C21H24O4S2. The molecule has 6 heteroatoms. The summed E-state index contributed by atoms with van der Waals surface area (Å²) in [5, 5.41) is 0. The molecular weight excluding hydrogens is 380 g/mol. The molecule has 3 rings (SSSR count). The topological polar surface area (TPSA) is 40.8 Å². The van der Waals surface area contributed by atoms with Crippen molar-refractivity contribution < 1.29 is 18.6 Å². The maximum absolute atomic E-state index is 5.56. The summed E-state index contributed by atoms with van der Waals surface area (Å²) >= 11 is 3.86. The molecule has 0 bridgehead atoms. The van der Waals surface area contributed by atoms with E-state index in [0.717, 1.165) is 22.8 Å². The summed E-state index contributed by atoms with van der Waals surface area (Å²) in [5.74, 6) is 5.03. The minimum atomic E-state index is -0.196. The maximum Gasteiger partial charge on any atom is 0.203 e. The summed E-state index contributed by atoms with van der Waals surface area (Å²) in [7, 11) is 4.92. The lowest BCUT2D eigenvalue weighted by Crippen LogP contribution is -2.20. The molecule has 0 unspecified atom stereocenters. The number of benzene rings is 1. The number of thioether (sulfide) groups is 2. The highest BCUT2D eigenvalue weighted by Gasteiger charge is 2.34. The van der Waals surface area contributed by atoms with Crippen LogP contribution in [0, 0.1) is 0 Å². The van der Waals surface area contributed by atoms with Crippen LogP contribution in [-0.2, 0) is 4.08 Å². The average molecular weight is 405 g/mol. The highest BCUT2D eigenvalue weighted by Crippen LogP contribution is 2.54. The molecule has 1 aliphatic heterocycles. The lowest BCUT2D eigenvalue weighted by molar-refractivity contribution is 0.324. The second-order valence-electron chi connectivity index (χ2n) is 5.87. The zero-order valence-electron chi connectivity index (χ0n) is 15.8. The molecule has 1 fully saturated rings. The monoisotopic (exact) mass is 404 g/mol. The van der Waals surface area contributed by atoms with Crippen LogP contribution in [0.3, 0.4) is 0 Å². The standard InChI is InChI=1S/C21H24O4S2/c1-22-18-14-16(15-19(23-2)20(18)24-3)21(26-12-7-13-27-21)10-5-4-8-17-9-6-11-25-17/h4-6,8-11,14-15H,7,12-13H2,1-3H3/b8-4+,10-5+. The molecule has 1 aromatic heterocycles. The molecule has 2 heterocycles. The van der Waals surface area contributed by atoms with Gasteiger partial charge < -0.3 is 18.6 Å². The first-order valence-corrected chi connectivity index (χ1v) is 10.7. The van der Waals surface area contributed by atoms with Crippen LogP contribution in [0.1, 0.15) is 17.7 Å². The molecule has 144 valence electrons. The normalized spacial score (nSPS) is 16.7. The van der Waals surface area contributed by atoms with Crippen LogP contribution in [0.4, 0.5) is 0 Å². The Hall–Kier alpha value is -1.92. The minimum Gasteiger partial charge on any atom is -0.493 e. The molecule has 4 nitrogen and oxygen atoms in total. The molecule has 27 heavy (non-hydrogen) atoms. The van der Waals surface area contributed by atoms with Crippen molar-refractivity contribution in [3.05, 3.63) is 60.1 Å². The fraction of sp³-hybridized carbons (Fsp3) is 0.333. The zero-order valence-corrected chi connectivity index (χ0v) is 17.4. The van der Waals surface area contributed by atoms with Gasteiger partial charge in [-0.3, -0.25) is 0 Å². The van der Waals surface area contributed by atoms with Crippen molar-refractivity contribution in [2.75, 3.05) is 32.8 Å². The van der Waals surface area contributed by atoms with E-state index in [2.05, 4.69) is 12.2 Å². The highest BCUT2D eigenvalue weighted by atomic mass is 32.2. The van der Waals surface area contributed by atoms with E-state index in [-0.39, 0.29) is 4.08 Å². The number of methoxy groups -OCH3 is 3. The van der Waals surface area contributed by atoms with Crippen LogP contribution >= 0.6 is 23.5 Å². The van der Waals surface area contributed by atoms with Crippen molar-refractivity contribution in [2.45, 2.75) is 10.5 Å². The predicted octanol–water partition coefficient (Wildman–Crippen LogP) is 5.60. The second-order valence-corrected chi connectivity index (χ2v) is 8.81. The minimum absolute atomic E-state index is 0.196. The van der Waals surface area contributed by atoms with E-state index >= 15 is 0 Å². The van der Waals surface area contributed by atoms with Gasteiger partial charge in [0.15, 0.2) is 11.5 Å². The average Bonchev–Trinajstić information content (AvgIpc) is 3.24. The molecule has 0 spiro atoms. The van der Waals surface area contributed by atoms with Gasteiger partial charge >= 0.3 is 0 Å². The van der Waals surface area contributed by atoms with Gasteiger partial charge in [0, 0.05) is 0 Å². The fourth-order valence-corrected chi connectivity index (χ4v) is 6.03. The van der Waals surface area contributed by atoms with Crippen LogP contribution in [0.5, 0.6) is 17.2 Å². The van der Waals surface area contributed by atoms with Gasteiger partial charge in [0.05, 0.1) is 27.6 Å². The van der Waals surface area contributed by atoms with Crippen molar-refractivity contribution in [1.82, 2.24) is 0 Å². The largest absolute Gasteiger partial charge is 0.493 e. The molecule has 0 N–H and O–H groups in total. The Balaban J connectivity index is 1.96. The van der Waals surface area contributed by atoms with E-state index in [4.69, 9.17) is 18.6 Å². The third kappa shape index (κ3) is 4.50. The van der Waals surface area contributed by atoms with Crippen molar-refractivity contribution >= 4 is 29.6 Å².